The van der Waals surface area contributed by atoms with E-state index >= 15 is 0 Å². The zero-order valence-electron chi connectivity index (χ0n) is 8.84. The Morgan fingerprint density at radius 2 is 2.40 bits per heavy atom. The first kappa shape index (κ1) is 10.1. The lowest BCUT2D eigenvalue weighted by atomic mass is 10.3. The molecule has 0 fully saturated rings. The van der Waals surface area contributed by atoms with E-state index in [2.05, 4.69) is 9.97 Å². The second-order valence-electron chi connectivity index (χ2n) is 3.35. The Balaban J connectivity index is 2.57. The van der Waals surface area contributed by atoms with Gasteiger partial charge in [-0.15, -0.1) is 0 Å². The van der Waals surface area contributed by atoms with E-state index in [0.29, 0.717) is 6.54 Å². The van der Waals surface area contributed by atoms with Crippen LogP contribution in [-0.2, 0) is 11.8 Å². The van der Waals surface area contributed by atoms with Crippen LogP contribution in [0.1, 0.15) is 11.9 Å². The lowest BCUT2D eigenvalue weighted by Gasteiger charge is -2.12. The van der Waals surface area contributed by atoms with Gasteiger partial charge in [0, 0.05) is 26.9 Å². The third-order valence-corrected chi connectivity index (χ3v) is 2.50. The maximum atomic E-state index is 5.61. The lowest BCUT2D eigenvalue weighted by Crippen LogP contribution is -2.17. The number of imidazole rings is 1. The van der Waals surface area contributed by atoms with Gasteiger partial charge in [-0.05, 0) is 6.07 Å². The van der Waals surface area contributed by atoms with Crippen LogP contribution in [0.3, 0.4) is 0 Å². The maximum Gasteiger partial charge on any atom is 0.140 e. The van der Waals surface area contributed by atoms with E-state index in [9.17, 15) is 0 Å². The van der Waals surface area contributed by atoms with Gasteiger partial charge in [0.05, 0.1) is 11.7 Å². The summed E-state index contributed by atoms with van der Waals surface area (Å²) in [4.78, 5) is 8.48. The van der Waals surface area contributed by atoms with Gasteiger partial charge in [-0.1, -0.05) is 0 Å². The number of pyridine rings is 1. The van der Waals surface area contributed by atoms with Crippen LogP contribution < -0.4 is 5.73 Å². The van der Waals surface area contributed by atoms with Crippen molar-refractivity contribution in [2.24, 2.45) is 12.8 Å². The van der Waals surface area contributed by atoms with Crippen LogP contribution in [0, 0.1) is 0 Å². The highest BCUT2D eigenvalue weighted by molar-refractivity contribution is 5.74. The molecule has 15 heavy (non-hydrogen) atoms. The standard InChI is InChI=1S/C10H14N4O/c1-14-8-3-4-12-6-7(8)13-10(14)9(5-11)15-2/h3-4,6,9H,5,11H2,1-2H3. The Kier molecular flexibility index (Phi) is 2.66. The van der Waals surface area contributed by atoms with E-state index < -0.39 is 0 Å². The number of methoxy groups -OCH3 is 1. The number of aryl methyl sites for hydroxylation is 1. The summed E-state index contributed by atoms with van der Waals surface area (Å²) >= 11 is 0. The maximum absolute atomic E-state index is 5.61. The van der Waals surface area contributed by atoms with Gasteiger partial charge in [-0.2, -0.15) is 0 Å². The minimum atomic E-state index is -0.164. The summed E-state index contributed by atoms with van der Waals surface area (Å²) in [5, 5.41) is 0. The highest BCUT2D eigenvalue weighted by atomic mass is 16.5. The van der Waals surface area contributed by atoms with Crippen molar-refractivity contribution in [1.29, 1.82) is 0 Å². The first-order chi connectivity index (χ1) is 7.27. The van der Waals surface area contributed by atoms with Crippen LogP contribution in [0.2, 0.25) is 0 Å². The molecular weight excluding hydrogens is 192 g/mol. The van der Waals surface area contributed by atoms with Crippen molar-refractivity contribution in [3.05, 3.63) is 24.3 Å². The van der Waals surface area contributed by atoms with Crippen LogP contribution in [0.25, 0.3) is 11.0 Å². The average molecular weight is 206 g/mol. The third kappa shape index (κ3) is 1.60. The fourth-order valence-electron chi connectivity index (χ4n) is 1.67. The molecule has 0 aromatic carbocycles. The molecule has 0 aliphatic carbocycles. The number of rotatable bonds is 3. The molecule has 2 rings (SSSR count). The van der Waals surface area contributed by atoms with Gasteiger partial charge in [0.15, 0.2) is 0 Å². The van der Waals surface area contributed by atoms with Gasteiger partial charge >= 0.3 is 0 Å². The minimum Gasteiger partial charge on any atom is -0.372 e. The summed E-state index contributed by atoms with van der Waals surface area (Å²) in [6.45, 7) is 0.418. The Hall–Kier alpha value is -1.46. The molecule has 1 atom stereocenters. The molecule has 2 heterocycles. The molecule has 2 N–H and O–H groups in total. The molecule has 0 radical (unpaired) electrons. The van der Waals surface area contributed by atoms with Gasteiger partial charge in [0.1, 0.15) is 17.4 Å². The number of fused-ring (bicyclic) bond motifs is 1. The Morgan fingerprint density at radius 3 is 3.00 bits per heavy atom. The van der Waals surface area contributed by atoms with Crippen molar-refractivity contribution in [2.75, 3.05) is 13.7 Å². The number of nitrogens with two attached hydrogens (primary N) is 1. The molecule has 80 valence electrons. The molecule has 5 heteroatoms. The lowest BCUT2D eigenvalue weighted by molar-refractivity contribution is 0.101. The molecule has 0 spiro atoms. The first-order valence-electron chi connectivity index (χ1n) is 4.77. The molecule has 0 saturated heterocycles. The zero-order valence-corrected chi connectivity index (χ0v) is 8.84. The normalized spacial score (nSPS) is 13.3. The molecule has 0 saturated carbocycles. The molecule has 2 aromatic heterocycles. The molecule has 1 unspecified atom stereocenters. The fourth-order valence-corrected chi connectivity index (χ4v) is 1.67. The first-order valence-corrected chi connectivity index (χ1v) is 4.77. The van der Waals surface area contributed by atoms with Gasteiger partial charge in [-0.3, -0.25) is 4.98 Å². The second kappa shape index (κ2) is 3.96. The topological polar surface area (TPSA) is 66.0 Å². The fraction of sp³-hybridized carbons (Fsp3) is 0.400. The highest BCUT2D eigenvalue weighted by Crippen LogP contribution is 2.19. The highest BCUT2D eigenvalue weighted by Gasteiger charge is 2.16. The van der Waals surface area contributed by atoms with Crippen LogP contribution in [0.5, 0.6) is 0 Å². The molecule has 2 aromatic rings. The third-order valence-electron chi connectivity index (χ3n) is 2.50. The van der Waals surface area contributed by atoms with Crippen LogP contribution in [-0.4, -0.2) is 28.2 Å². The number of hydrogen-bond acceptors (Lipinski definition) is 4. The van der Waals surface area contributed by atoms with E-state index in [4.69, 9.17) is 10.5 Å². The Bertz CT molecular complexity index is 461. The summed E-state index contributed by atoms with van der Waals surface area (Å²) in [5.74, 6) is 0.836. The average Bonchev–Trinajstić information content (AvgIpc) is 2.60. The van der Waals surface area contributed by atoms with Crippen LogP contribution in [0.15, 0.2) is 18.5 Å². The van der Waals surface area contributed by atoms with Gasteiger partial charge in [-0.25, -0.2) is 4.98 Å². The molecule has 0 aliphatic rings. The van der Waals surface area contributed by atoms with E-state index in [1.54, 1.807) is 19.5 Å². The van der Waals surface area contributed by atoms with Crippen molar-refractivity contribution in [2.45, 2.75) is 6.10 Å². The largest absolute Gasteiger partial charge is 0.372 e. The number of nitrogens with zero attached hydrogens (tertiary/aromatic N) is 3. The Labute approximate surface area is 87.9 Å². The van der Waals surface area contributed by atoms with Gasteiger partial charge < -0.3 is 15.0 Å². The monoisotopic (exact) mass is 206 g/mol. The summed E-state index contributed by atoms with van der Waals surface area (Å²) in [6, 6.07) is 1.93. The molecular formula is C10H14N4O. The van der Waals surface area contributed by atoms with E-state index in [0.717, 1.165) is 16.9 Å². The van der Waals surface area contributed by atoms with Crippen molar-refractivity contribution < 1.29 is 4.74 Å². The summed E-state index contributed by atoms with van der Waals surface area (Å²) in [7, 11) is 3.58. The van der Waals surface area contributed by atoms with Crippen molar-refractivity contribution >= 4 is 11.0 Å². The molecule has 0 amide bonds. The van der Waals surface area contributed by atoms with E-state index in [1.165, 1.54) is 0 Å². The SMILES string of the molecule is COC(CN)c1nc2cnccc2n1C. The van der Waals surface area contributed by atoms with Crippen molar-refractivity contribution in [3.63, 3.8) is 0 Å². The summed E-state index contributed by atoms with van der Waals surface area (Å²) < 4.78 is 7.25. The Morgan fingerprint density at radius 1 is 1.60 bits per heavy atom. The molecule has 0 bridgehead atoms. The number of hydrogen-bond donors (Lipinski definition) is 1. The predicted molar refractivity (Wildman–Crippen MR) is 57.3 cm³/mol. The number of aromatic nitrogens is 3. The summed E-state index contributed by atoms with van der Waals surface area (Å²) in [6.07, 6.45) is 3.32. The van der Waals surface area contributed by atoms with Gasteiger partial charge in [0.2, 0.25) is 0 Å². The quantitative estimate of drug-likeness (QED) is 0.799. The number of ether oxygens (including phenoxy) is 1. The molecule has 0 aliphatic heterocycles. The minimum absolute atomic E-state index is 0.164. The zero-order chi connectivity index (χ0) is 10.8. The van der Waals surface area contributed by atoms with Crippen molar-refractivity contribution in [1.82, 2.24) is 14.5 Å². The van der Waals surface area contributed by atoms with E-state index in [1.807, 2.05) is 17.7 Å². The van der Waals surface area contributed by atoms with Crippen LogP contribution in [0.4, 0.5) is 0 Å². The summed E-state index contributed by atoms with van der Waals surface area (Å²) in [5.41, 5.74) is 7.52. The predicted octanol–water partition coefficient (Wildman–Crippen LogP) is 0.614. The molecule has 5 nitrogen and oxygen atoms in total. The van der Waals surface area contributed by atoms with Gasteiger partial charge in [0.25, 0.3) is 0 Å². The van der Waals surface area contributed by atoms with Crippen molar-refractivity contribution in [3.8, 4) is 0 Å². The second-order valence-corrected chi connectivity index (χ2v) is 3.35. The smallest absolute Gasteiger partial charge is 0.140 e. The van der Waals surface area contributed by atoms with E-state index in [-0.39, 0.29) is 6.10 Å². The van der Waals surface area contributed by atoms with Crippen LogP contribution >= 0.6 is 0 Å².